The molecule has 0 saturated carbocycles. The molecule has 0 aliphatic rings. The van der Waals surface area contributed by atoms with Crippen molar-refractivity contribution in [3.8, 4) is 11.3 Å². The first-order chi connectivity index (χ1) is 10.2. The Labute approximate surface area is 122 Å². The number of rotatable bonds is 5. The van der Waals surface area contributed by atoms with Gasteiger partial charge >= 0.3 is 0 Å². The number of nitrogens with one attached hydrogen (secondary N) is 1. The normalized spacial score (nSPS) is 11.3. The highest BCUT2D eigenvalue weighted by atomic mass is 19.1. The molecule has 0 radical (unpaired) electrons. The topological polar surface area (TPSA) is 42.2 Å². The van der Waals surface area contributed by atoms with Crippen LogP contribution in [-0.2, 0) is 11.3 Å². The molecule has 1 aromatic heterocycles. The Bertz CT molecular complexity index is 654. The molecule has 108 valence electrons. The summed E-state index contributed by atoms with van der Waals surface area (Å²) in [5.74, 6) is 0.810. The van der Waals surface area contributed by atoms with Crippen LogP contribution in [0.15, 0.2) is 65.1 Å². The van der Waals surface area contributed by atoms with Gasteiger partial charge in [-0.25, -0.2) is 4.39 Å². The van der Waals surface area contributed by atoms with E-state index in [0.29, 0.717) is 18.1 Å². The molecule has 1 aromatic carbocycles. The molecule has 0 atom stereocenters. The highest BCUT2D eigenvalue weighted by molar-refractivity contribution is 5.87. The third kappa shape index (κ3) is 4.45. The van der Waals surface area contributed by atoms with E-state index in [2.05, 4.69) is 5.32 Å². The average molecular weight is 285 g/mol. The second-order valence-corrected chi connectivity index (χ2v) is 4.38. The Kier molecular flexibility index (Phi) is 5.10. The third-order valence-electron chi connectivity index (χ3n) is 2.78. The molecule has 0 fully saturated rings. The second kappa shape index (κ2) is 7.24. The first-order valence-corrected chi connectivity index (χ1v) is 6.61. The Balaban J connectivity index is 1.94. The minimum Gasteiger partial charge on any atom is -0.459 e. The van der Waals surface area contributed by atoms with Gasteiger partial charge in [0.2, 0.25) is 5.91 Å². The van der Waals surface area contributed by atoms with Gasteiger partial charge in [-0.05, 0) is 43.3 Å². The lowest BCUT2D eigenvalue weighted by Gasteiger charge is -1.99. The minimum atomic E-state index is -0.286. The van der Waals surface area contributed by atoms with Gasteiger partial charge in [-0.15, -0.1) is 0 Å². The standard InChI is InChI=1S/C17H16FNO2/c1-2-3-4-5-17(20)19-12-15-10-11-16(21-15)13-6-8-14(18)9-7-13/h2-11H,12H2,1H3,(H,19,20)/b3-2+,5-4+. The number of halogens is 1. The molecule has 0 saturated heterocycles. The summed E-state index contributed by atoms with van der Waals surface area (Å²) in [5, 5.41) is 2.72. The Hall–Kier alpha value is -2.62. The van der Waals surface area contributed by atoms with Crippen LogP contribution < -0.4 is 5.32 Å². The van der Waals surface area contributed by atoms with Crippen LogP contribution in [0.3, 0.4) is 0 Å². The number of furan rings is 1. The molecule has 2 aromatic rings. The quantitative estimate of drug-likeness (QED) is 0.670. The van der Waals surface area contributed by atoms with Gasteiger partial charge in [0.15, 0.2) is 0 Å². The number of amides is 1. The molecule has 1 amide bonds. The highest BCUT2D eigenvalue weighted by Crippen LogP contribution is 2.22. The largest absolute Gasteiger partial charge is 0.459 e. The molecule has 0 unspecified atom stereocenters. The SMILES string of the molecule is C/C=C/C=C/C(=O)NCc1ccc(-c2ccc(F)cc2)o1. The maximum atomic E-state index is 12.9. The molecule has 3 nitrogen and oxygen atoms in total. The van der Waals surface area contributed by atoms with Gasteiger partial charge in [0.25, 0.3) is 0 Å². The fourth-order valence-electron chi connectivity index (χ4n) is 1.73. The van der Waals surface area contributed by atoms with Gasteiger partial charge in [0.1, 0.15) is 17.3 Å². The van der Waals surface area contributed by atoms with Gasteiger partial charge in [-0.2, -0.15) is 0 Å². The van der Waals surface area contributed by atoms with E-state index in [0.717, 1.165) is 5.56 Å². The Morgan fingerprint density at radius 3 is 2.67 bits per heavy atom. The molecule has 4 heteroatoms. The van der Waals surface area contributed by atoms with Crippen molar-refractivity contribution in [2.75, 3.05) is 0 Å². The Morgan fingerprint density at radius 2 is 1.95 bits per heavy atom. The van der Waals surface area contributed by atoms with E-state index in [1.54, 1.807) is 36.4 Å². The number of carbonyl (C=O) groups is 1. The van der Waals surface area contributed by atoms with E-state index < -0.39 is 0 Å². The molecule has 0 aliphatic carbocycles. The average Bonchev–Trinajstić information content (AvgIpc) is 2.95. The number of allylic oxidation sites excluding steroid dienone is 3. The van der Waals surface area contributed by atoms with Crippen molar-refractivity contribution in [2.45, 2.75) is 13.5 Å². The zero-order valence-corrected chi connectivity index (χ0v) is 11.7. The van der Waals surface area contributed by atoms with E-state index in [1.165, 1.54) is 18.2 Å². The van der Waals surface area contributed by atoms with Crippen molar-refractivity contribution in [3.05, 3.63) is 72.3 Å². The first kappa shape index (κ1) is 14.8. The third-order valence-corrected chi connectivity index (χ3v) is 2.78. The van der Waals surface area contributed by atoms with Gasteiger partial charge < -0.3 is 9.73 Å². The lowest BCUT2D eigenvalue weighted by Crippen LogP contribution is -2.19. The number of benzene rings is 1. The van der Waals surface area contributed by atoms with Crippen molar-refractivity contribution in [2.24, 2.45) is 0 Å². The van der Waals surface area contributed by atoms with Gasteiger partial charge in [-0.1, -0.05) is 18.2 Å². The number of carbonyl (C=O) groups excluding carboxylic acids is 1. The summed E-state index contributed by atoms with van der Waals surface area (Å²) in [5.41, 5.74) is 0.793. The van der Waals surface area contributed by atoms with Crippen LogP contribution in [0.1, 0.15) is 12.7 Å². The second-order valence-electron chi connectivity index (χ2n) is 4.38. The van der Waals surface area contributed by atoms with Crippen molar-refractivity contribution in [1.29, 1.82) is 0 Å². The summed E-state index contributed by atoms with van der Waals surface area (Å²) < 4.78 is 18.5. The van der Waals surface area contributed by atoms with Gasteiger partial charge in [-0.3, -0.25) is 4.79 Å². The molecular weight excluding hydrogens is 269 g/mol. The lowest BCUT2D eigenvalue weighted by atomic mass is 10.2. The molecule has 1 N–H and O–H groups in total. The van der Waals surface area contributed by atoms with Crippen LogP contribution in [0.5, 0.6) is 0 Å². The predicted molar refractivity (Wildman–Crippen MR) is 79.9 cm³/mol. The van der Waals surface area contributed by atoms with E-state index in [9.17, 15) is 9.18 Å². The molecule has 2 rings (SSSR count). The first-order valence-electron chi connectivity index (χ1n) is 6.61. The molecule has 0 aliphatic heterocycles. The van der Waals surface area contributed by atoms with Crippen molar-refractivity contribution < 1.29 is 13.6 Å². The summed E-state index contributed by atoms with van der Waals surface area (Å²) in [6, 6.07) is 9.64. The van der Waals surface area contributed by atoms with Crippen LogP contribution >= 0.6 is 0 Å². The van der Waals surface area contributed by atoms with Crippen molar-refractivity contribution in [1.82, 2.24) is 5.32 Å². The highest BCUT2D eigenvalue weighted by Gasteiger charge is 2.05. The zero-order valence-electron chi connectivity index (χ0n) is 11.7. The fourth-order valence-corrected chi connectivity index (χ4v) is 1.73. The van der Waals surface area contributed by atoms with Gasteiger partial charge in [0.05, 0.1) is 6.54 Å². The summed E-state index contributed by atoms with van der Waals surface area (Å²) in [7, 11) is 0. The van der Waals surface area contributed by atoms with Crippen LogP contribution in [0.4, 0.5) is 4.39 Å². The monoisotopic (exact) mass is 285 g/mol. The van der Waals surface area contributed by atoms with E-state index in [1.807, 2.05) is 13.0 Å². The Morgan fingerprint density at radius 1 is 1.19 bits per heavy atom. The summed E-state index contributed by atoms with van der Waals surface area (Å²) in [4.78, 5) is 11.5. The predicted octanol–water partition coefficient (Wildman–Crippen LogP) is 3.83. The van der Waals surface area contributed by atoms with Crippen molar-refractivity contribution in [3.63, 3.8) is 0 Å². The lowest BCUT2D eigenvalue weighted by molar-refractivity contribution is -0.116. The van der Waals surface area contributed by atoms with Gasteiger partial charge in [0, 0.05) is 11.6 Å². The van der Waals surface area contributed by atoms with E-state index in [4.69, 9.17) is 4.42 Å². The van der Waals surface area contributed by atoms with Crippen LogP contribution in [-0.4, -0.2) is 5.91 Å². The van der Waals surface area contributed by atoms with Crippen LogP contribution in [0.2, 0.25) is 0 Å². The summed E-state index contributed by atoms with van der Waals surface area (Å²) in [6.07, 6.45) is 6.73. The molecular formula is C17H16FNO2. The van der Waals surface area contributed by atoms with Crippen LogP contribution in [0, 0.1) is 5.82 Å². The zero-order chi connectivity index (χ0) is 15.1. The number of hydrogen-bond donors (Lipinski definition) is 1. The van der Waals surface area contributed by atoms with Crippen molar-refractivity contribution >= 4 is 5.91 Å². The summed E-state index contributed by atoms with van der Waals surface area (Å²) >= 11 is 0. The van der Waals surface area contributed by atoms with E-state index in [-0.39, 0.29) is 11.7 Å². The summed E-state index contributed by atoms with van der Waals surface area (Å²) in [6.45, 7) is 2.18. The minimum absolute atomic E-state index is 0.187. The van der Waals surface area contributed by atoms with Crippen LogP contribution in [0.25, 0.3) is 11.3 Å². The molecule has 0 bridgehead atoms. The maximum absolute atomic E-state index is 12.9. The molecule has 1 heterocycles. The smallest absolute Gasteiger partial charge is 0.244 e. The molecule has 21 heavy (non-hydrogen) atoms. The van der Waals surface area contributed by atoms with E-state index >= 15 is 0 Å². The molecule has 0 spiro atoms. The maximum Gasteiger partial charge on any atom is 0.244 e. The fraction of sp³-hybridized carbons (Fsp3) is 0.118. The number of hydrogen-bond acceptors (Lipinski definition) is 2.